The predicted molar refractivity (Wildman–Crippen MR) is 160 cm³/mol. The van der Waals surface area contributed by atoms with E-state index in [1.807, 2.05) is 0 Å². The number of rotatable bonds is 4. The van der Waals surface area contributed by atoms with Crippen LogP contribution < -0.4 is 15.8 Å². The lowest BCUT2D eigenvalue weighted by atomic mass is 10.2. The van der Waals surface area contributed by atoms with E-state index in [4.69, 9.17) is 21.1 Å². The Kier molecular flexibility index (Phi) is 8.16. The number of aromatic nitrogens is 5. The summed E-state index contributed by atoms with van der Waals surface area (Å²) in [6, 6.07) is 4.61. The van der Waals surface area contributed by atoms with Gasteiger partial charge in [0.25, 0.3) is 5.56 Å². The molecule has 1 N–H and O–H groups in total. The Morgan fingerprint density at radius 2 is 1.71 bits per heavy atom. The van der Waals surface area contributed by atoms with Crippen LogP contribution in [0, 0.1) is 0 Å². The number of nitrogens with zero attached hydrogens (tertiary/aromatic N) is 6. The van der Waals surface area contributed by atoms with Gasteiger partial charge in [-0.05, 0) is 59.7 Å². The van der Waals surface area contributed by atoms with Crippen molar-refractivity contribution in [2.75, 3.05) is 10.2 Å². The average molecular weight is 616 g/mol. The van der Waals surface area contributed by atoms with E-state index in [2.05, 4.69) is 20.6 Å². The molecule has 1 aromatic carbocycles. The Balaban J connectivity index is 1.81. The van der Waals surface area contributed by atoms with Crippen LogP contribution >= 0.6 is 22.9 Å². The van der Waals surface area contributed by atoms with Crippen LogP contribution in [0.2, 0.25) is 5.02 Å². The fourth-order valence-electron chi connectivity index (χ4n) is 3.80. The van der Waals surface area contributed by atoms with Gasteiger partial charge in [-0.1, -0.05) is 22.9 Å². The van der Waals surface area contributed by atoms with Gasteiger partial charge in [0.05, 0.1) is 22.4 Å². The van der Waals surface area contributed by atoms with Crippen molar-refractivity contribution in [1.82, 2.24) is 24.5 Å². The molecule has 3 aromatic heterocycles. The van der Waals surface area contributed by atoms with Gasteiger partial charge in [-0.2, -0.15) is 9.78 Å². The Bertz CT molecular complexity index is 1760. The summed E-state index contributed by atoms with van der Waals surface area (Å²) in [6.45, 7) is 11.7. The zero-order valence-electron chi connectivity index (χ0n) is 24.3. The minimum Gasteiger partial charge on any atom is -0.443 e. The maximum Gasteiger partial charge on any atom is 0.435 e. The van der Waals surface area contributed by atoms with Crippen LogP contribution in [0.5, 0.6) is 0 Å². The number of carbonyl (C=O) groups excluding carboxylic acids is 3. The number of amides is 2. The molecule has 4 aromatic rings. The zero-order chi connectivity index (χ0) is 31.1. The summed E-state index contributed by atoms with van der Waals surface area (Å²) in [5.74, 6) is -0.404. The van der Waals surface area contributed by atoms with Crippen molar-refractivity contribution in [2.45, 2.75) is 59.7 Å². The number of aryl methyl sites for hydroxylation is 1. The molecule has 0 aliphatic heterocycles. The normalized spacial score (nSPS) is 11.8. The van der Waals surface area contributed by atoms with Gasteiger partial charge in [-0.3, -0.25) is 9.59 Å². The summed E-state index contributed by atoms with van der Waals surface area (Å²) < 4.78 is 13.5. The van der Waals surface area contributed by atoms with Crippen molar-refractivity contribution in [1.29, 1.82) is 0 Å². The predicted octanol–water partition coefficient (Wildman–Crippen LogP) is 5.72. The Hall–Kier alpha value is -4.30. The first-order valence-electron chi connectivity index (χ1n) is 12.7. The topological polar surface area (TPSA) is 151 Å². The molecule has 0 fully saturated rings. The lowest BCUT2D eigenvalue weighted by Crippen LogP contribution is -2.34. The van der Waals surface area contributed by atoms with Crippen molar-refractivity contribution in [3.8, 4) is 10.6 Å². The molecule has 0 atom stereocenters. The highest BCUT2D eigenvalue weighted by Crippen LogP contribution is 2.40. The number of nitrogens with one attached hydrogen (secondary N) is 1. The summed E-state index contributed by atoms with van der Waals surface area (Å²) >= 11 is 7.84. The third-order valence-corrected chi connectivity index (χ3v) is 6.75. The molecule has 0 bridgehead atoms. The van der Waals surface area contributed by atoms with E-state index in [0.29, 0.717) is 21.5 Å². The summed E-state index contributed by atoms with van der Waals surface area (Å²) in [5.41, 5.74) is -0.865. The van der Waals surface area contributed by atoms with Gasteiger partial charge >= 0.3 is 12.2 Å². The lowest BCUT2D eigenvalue weighted by molar-refractivity contribution is -0.114. The van der Waals surface area contributed by atoms with E-state index in [9.17, 15) is 19.2 Å². The van der Waals surface area contributed by atoms with Crippen LogP contribution in [-0.4, -0.2) is 53.8 Å². The van der Waals surface area contributed by atoms with Crippen molar-refractivity contribution in [3.05, 3.63) is 46.0 Å². The molecule has 0 unspecified atom stereocenters. The molecule has 2 amide bonds. The second-order valence-electron chi connectivity index (χ2n) is 11.3. The summed E-state index contributed by atoms with van der Waals surface area (Å²) in [5, 5.41) is 16.1. The van der Waals surface area contributed by atoms with Gasteiger partial charge < -0.3 is 19.4 Å². The molecule has 0 saturated heterocycles. The largest absolute Gasteiger partial charge is 0.443 e. The molecule has 42 heavy (non-hydrogen) atoms. The molecular formula is C27H30ClN7O6S. The molecule has 0 saturated carbocycles. The zero-order valence-corrected chi connectivity index (χ0v) is 25.9. The van der Waals surface area contributed by atoms with Crippen LogP contribution in [-0.2, 0) is 21.3 Å². The van der Waals surface area contributed by atoms with E-state index in [1.54, 1.807) is 66.9 Å². The Morgan fingerprint density at radius 1 is 1.05 bits per heavy atom. The monoisotopic (exact) mass is 615 g/mol. The van der Waals surface area contributed by atoms with Crippen molar-refractivity contribution >= 4 is 68.4 Å². The number of hydrogen-bond donors (Lipinski definition) is 1. The van der Waals surface area contributed by atoms with E-state index in [0.717, 1.165) is 16.0 Å². The lowest BCUT2D eigenvalue weighted by Gasteiger charge is -2.26. The van der Waals surface area contributed by atoms with Crippen molar-refractivity contribution in [2.24, 2.45) is 7.05 Å². The number of benzene rings is 1. The van der Waals surface area contributed by atoms with Crippen LogP contribution in [0.4, 0.5) is 26.1 Å². The first-order chi connectivity index (χ1) is 19.4. The van der Waals surface area contributed by atoms with E-state index >= 15 is 0 Å². The number of fused-ring (bicyclic) bond motifs is 1. The summed E-state index contributed by atoms with van der Waals surface area (Å²) in [6.07, 6.45) is 1.48. The third-order valence-electron chi connectivity index (χ3n) is 5.40. The number of ether oxygens (including phenoxy) is 2. The average Bonchev–Trinajstić information content (AvgIpc) is 3.49. The molecule has 3 heterocycles. The van der Waals surface area contributed by atoms with Crippen LogP contribution in [0.15, 0.2) is 35.4 Å². The summed E-state index contributed by atoms with van der Waals surface area (Å²) in [7, 11) is 1.54. The van der Waals surface area contributed by atoms with E-state index < -0.39 is 34.9 Å². The Labute approximate surface area is 250 Å². The molecule has 0 radical (unpaired) electrons. The fraction of sp³-hybridized carbons (Fsp3) is 0.370. The van der Waals surface area contributed by atoms with Crippen LogP contribution in [0.25, 0.3) is 21.5 Å². The maximum atomic E-state index is 13.5. The standard InChI is InChI=1S/C27H30ClN7O6S/c1-14(36)30-17-11-15(13-33(8)22(17)37)21-31-32-23(42-21)34(24(38)40-26(2,3)4)19-10-9-18-16(20(19)28)12-29-35(18)25(39)41-27(5,6)7/h9-13H,1-8H3,(H,30,36). The SMILES string of the molecule is CC(=O)Nc1cc(-c2nnc(N(C(=O)OC(C)(C)C)c3ccc4c(cnn4C(=O)OC(C)(C)C)c3Cl)s2)cn(C)c1=O. The van der Waals surface area contributed by atoms with Crippen LogP contribution in [0.3, 0.4) is 0 Å². The van der Waals surface area contributed by atoms with Gasteiger partial charge in [-0.25, -0.2) is 14.5 Å². The molecule has 4 rings (SSSR count). The number of pyridine rings is 1. The second-order valence-corrected chi connectivity index (χ2v) is 12.6. The first-order valence-corrected chi connectivity index (χ1v) is 13.9. The molecule has 222 valence electrons. The first kappa shape index (κ1) is 30.7. The molecule has 0 spiro atoms. The van der Waals surface area contributed by atoms with Gasteiger partial charge in [-0.15, -0.1) is 10.2 Å². The van der Waals surface area contributed by atoms with Crippen molar-refractivity contribution < 1.29 is 23.9 Å². The minimum atomic E-state index is -0.855. The van der Waals surface area contributed by atoms with Crippen LogP contribution in [0.1, 0.15) is 48.5 Å². The molecular weight excluding hydrogens is 586 g/mol. The number of halogens is 1. The highest BCUT2D eigenvalue weighted by atomic mass is 35.5. The van der Waals surface area contributed by atoms with Gasteiger partial charge in [0.1, 0.15) is 16.9 Å². The Morgan fingerprint density at radius 3 is 2.33 bits per heavy atom. The number of hydrogen-bond acceptors (Lipinski definition) is 10. The molecule has 15 heteroatoms. The van der Waals surface area contributed by atoms with Gasteiger partial charge in [0.2, 0.25) is 11.0 Å². The smallest absolute Gasteiger partial charge is 0.435 e. The fourth-order valence-corrected chi connectivity index (χ4v) is 4.92. The van der Waals surface area contributed by atoms with E-state index in [1.165, 1.54) is 28.7 Å². The van der Waals surface area contributed by atoms with E-state index in [-0.39, 0.29) is 21.5 Å². The molecule has 13 nitrogen and oxygen atoms in total. The minimum absolute atomic E-state index is 0.0683. The van der Waals surface area contributed by atoms with Gasteiger partial charge in [0.15, 0.2) is 5.01 Å². The quantitative estimate of drug-likeness (QED) is 0.304. The number of carbonyl (C=O) groups is 3. The van der Waals surface area contributed by atoms with Gasteiger partial charge in [0, 0.05) is 31.1 Å². The molecule has 0 aliphatic rings. The summed E-state index contributed by atoms with van der Waals surface area (Å²) in [4.78, 5) is 51.5. The molecule has 0 aliphatic carbocycles. The highest BCUT2D eigenvalue weighted by molar-refractivity contribution is 7.18. The van der Waals surface area contributed by atoms with Crippen molar-refractivity contribution in [3.63, 3.8) is 0 Å². The second kappa shape index (κ2) is 11.2. The number of anilines is 3. The maximum absolute atomic E-state index is 13.5. The third kappa shape index (κ3) is 6.60. The highest BCUT2D eigenvalue weighted by Gasteiger charge is 2.31.